The third-order valence-corrected chi connectivity index (χ3v) is 5.05. The second-order valence-electron chi connectivity index (χ2n) is 6.37. The van der Waals surface area contributed by atoms with Crippen molar-refractivity contribution >= 4 is 5.97 Å². The van der Waals surface area contributed by atoms with Crippen LogP contribution in [-0.2, 0) is 9.53 Å². The lowest BCUT2D eigenvalue weighted by molar-refractivity contribution is -0.155. The van der Waals surface area contributed by atoms with E-state index in [0.717, 1.165) is 18.4 Å². The molecule has 120 valence electrons. The van der Waals surface area contributed by atoms with Crippen LogP contribution in [0.4, 0.5) is 0 Å². The number of carbonyl (C=O) groups excluding carboxylic acids is 1. The van der Waals surface area contributed by atoms with Gasteiger partial charge < -0.3 is 14.9 Å². The summed E-state index contributed by atoms with van der Waals surface area (Å²) < 4.78 is 5.64. The highest BCUT2D eigenvalue weighted by atomic mass is 16.5. The second-order valence-corrected chi connectivity index (χ2v) is 6.37. The molecule has 5 atom stereocenters. The number of hydrogen-bond acceptors (Lipinski definition) is 5. The van der Waals surface area contributed by atoms with Gasteiger partial charge in [-0.2, -0.15) is 0 Å². The van der Waals surface area contributed by atoms with Gasteiger partial charge in [-0.25, -0.2) is 0 Å². The van der Waals surface area contributed by atoms with Crippen LogP contribution in [-0.4, -0.2) is 59.0 Å². The molecule has 0 aliphatic carbocycles. The van der Waals surface area contributed by atoms with Gasteiger partial charge >= 0.3 is 5.97 Å². The van der Waals surface area contributed by atoms with E-state index in [1.54, 1.807) is 0 Å². The molecule has 5 heteroatoms. The minimum atomic E-state index is -0.636. The molecule has 0 radical (unpaired) electrons. The van der Waals surface area contributed by atoms with E-state index in [2.05, 4.69) is 4.90 Å². The van der Waals surface area contributed by atoms with Crippen LogP contribution in [0.1, 0.15) is 30.7 Å². The first kappa shape index (κ1) is 15.5. The number of aliphatic hydroxyl groups is 2. The van der Waals surface area contributed by atoms with Crippen molar-refractivity contribution in [1.29, 1.82) is 0 Å². The Hall–Kier alpha value is -1.43. The van der Waals surface area contributed by atoms with Crippen LogP contribution in [0, 0.1) is 0 Å². The van der Waals surface area contributed by atoms with Crippen LogP contribution in [0.5, 0.6) is 0 Å². The van der Waals surface area contributed by atoms with Gasteiger partial charge in [0.05, 0.1) is 12.7 Å². The first-order valence-electron chi connectivity index (χ1n) is 7.86. The van der Waals surface area contributed by atoms with Crippen molar-refractivity contribution in [2.75, 3.05) is 13.7 Å². The van der Waals surface area contributed by atoms with Gasteiger partial charge in [-0.05, 0) is 19.0 Å². The highest BCUT2D eigenvalue weighted by Crippen LogP contribution is 2.36. The lowest BCUT2D eigenvalue weighted by Crippen LogP contribution is -2.45. The van der Waals surface area contributed by atoms with Crippen LogP contribution in [0.25, 0.3) is 0 Å². The SMILES string of the molecule is CN1[C@@H]2C[C@@H](OC(=O)[C@H](CO)c3ccccc3)C[C@H]1[C@H](O)C2. The summed E-state index contributed by atoms with van der Waals surface area (Å²) in [6.45, 7) is -0.259. The Morgan fingerprint density at radius 2 is 2.05 bits per heavy atom. The van der Waals surface area contributed by atoms with E-state index in [-0.39, 0.29) is 36.9 Å². The number of benzene rings is 1. The van der Waals surface area contributed by atoms with E-state index < -0.39 is 5.92 Å². The second kappa shape index (κ2) is 6.36. The van der Waals surface area contributed by atoms with Gasteiger partial charge in [0.15, 0.2) is 0 Å². The van der Waals surface area contributed by atoms with Gasteiger partial charge in [-0.15, -0.1) is 0 Å². The molecule has 1 aromatic carbocycles. The molecule has 5 nitrogen and oxygen atoms in total. The molecule has 2 fully saturated rings. The zero-order valence-corrected chi connectivity index (χ0v) is 12.8. The van der Waals surface area contributed by atoms with Gasteiger partial charge in [0.2, 0.25) is 0 Å². The Balaban J connectivity index is 1.65. The van der Waals surface area contributed by atoms with E-state index in [1.165, 1.54) is 0 Å². The first-order valence-corrected chi connectivity index (χ1v) is 7.86. The molecule has 0 saturated carbocycles. The number of nitrogens with zero attached hydrogens (tertiary/aromatic N) is 1. The summed E-state index contributed by atoms with van der Waals surface area (Å²) in [5.41, 5.74) is 0.769. The van der Waals surface area contributed by atoms with Gasteiger partial charge in [-0.1, -0.05) is 30.3 Å². The molecule has 2 bridgehead atoms. The molecular formula is C17H23NO4. The van der Waals surface area contributed by atoms with Crippen LogP contribution in [0.15, 0.2) is 30.3 Å². The normalized spacial score (nSPS) is 32.7. The number of carbonyl (C=O) groups is 1. The fourth-order valence-electron chi connectivity index (χ4n) is 3.74. The molecule has 2 aliphatic heterocycles. The lowest BCUT2D eigenvalue weighted by atomic mass is 9.98. The molecule has 0 unspecified atom stereocenters. The summed E-state index contributed by atoms with van der Waals surface area (Å²) in [6, 6.07) is 9.56. The van der Waals surface area contributed by atoms with Crippen molar-refractivity contribution in [1.82, 2.24) is 4.90 Å². The summed E-state index contributed by atoms with van der Waals surface area (Å²) in [6.07, 6.45) is 1.66. The van der Waals surface area contributed by atoms with Crippen molar-refractivity contribution in [3.05, 3.63) is 35.9 Å². The van der Waals surface area contributed by atoms with E-state index in [4.69, 9.17) is 4.74 Å². The molecule has 0 amide bonds. The maximum Gasteiger partial charge on any atom is 0.316 e. The Morgan fingerprint density at radius 3 is 2.68 bits per heavy atom. The number of likely N-dealkylation sites (N-methyl/N-ethyl adjacent to an activating group) is 1. The monoisotopic (exact) mass is 305 g/mol. The quantitative estimate of drug-likeness (QED) is 0.809. The van der Waals surface area contributed by atoms with Crippen molar-refractivity contribution < 1.29 is 19.7 Å². The summed E-state index contributed by atoms with van der Waals surface area (Å²) in [5, 5.41) is 19.6. The Labute approximate surface area is 130 Å². The zero-order chi connectivity index (χ0) is 15.7. The number of piperidine rings is 1. The summed E-state index contributed by atoms with van der Waals surface area (Å²) in [4.78, 5) is 14.6. The van der Waals surface area contributed by atoms with Crippen molar-refractivity contribution in [2.45, 2.75) is 49.5 Å². The number of rotatable bonds is 4. The summed E-state index contributed by atoms with van der Waals surface area (Å²) >= 11 is 0. The molecule has 22 heavy (non-hydrogen) atoms. The predicted octanol–water partition coefficient (Wildman–Crippen LogP) is 0.902. The van der Waals surface area contributed by atoms with Gasteiger partial charge in [0.1, 0.15) is 12.0 Å². The minimum Gasteiger partial charge on any atom is -0.462 e. The average Bonchev–Trinajstić information content (AvgIpc) is 2.68. The molecule has 2 heterocycles. The minimum absolute atomic E-state index is 0.0702. The average molecular weight is 305 g/mol. The Bertz CT molecular complexity index is 521. The van der Waals surface area contributed by atoms with E-state index in [9.17, 15) is 15.0 Å². The summed E-state index contributed by atoms with van der Waals surface area (Å²) in [5.74, 6) is -1.01. The molecule has 0 aromatic heterocycles. The van der Waals surface area contributed by atoms with E-state index >= 15 is 0 Å². The van der Waals surface area contributed by atoms with Crippen LogP contribution < -0.4 is 0 Å². The summed E-state index contributed by atoms with van der Waals surface area (Å²) in [7, 11) is 2.02. The van der Waals surface area contributed by atoms with Crippen molar-refractivity contribution in [2.24, 2.45) is 0 Å². The molecule has 2 saturated heterocycles. The smallest absolute Gasteiger partial charge is 0.316 e. The standard InChI is InChI=1S/C17H23NO4/c1-18-12-7-13(9-15(18)16(20)8-12)22-17(21)14(10-19)11-5-3-2-4-6-11/h2-6,12-16,19-20H,7-10H2,1H3/t12-,13-,14-,15+,16-/m1/s1. The zero-order valence-electron chi connectivity index (χ0n) is 12.8. The Kier molecular flexibility index (Phi) is 4.47. The topological polar surface area (TPSA) is 70.0 Å². The van der Waals surface area contributed by atoms with Crippen LogP contribution >= 0.6 is 0 Å². The number of aliphatic hydroxyl groups excluding tert-OH is 2. The molecule has 2 aliphatic rings. The number of ether oxygens (including phenoxy) is 1. The largest absolute Gasteiger partial charge is 0.462 e. The predicted molar refractivity (Wildman–Crippen MR) is 81.3 cm³/mol. The fraction of sp³-hybridized carbons (Fsp3) is 0.588. The maximum atomic E-state index is 12.4. The molecular weight excluding hydrogens is 282 g/mol. The van der Waals surface area contributed by atoms with Crippen LogP contribution in [0.3, 0.4) is 0 Å². The van der Waals surface area contributed by atoms with Gasteiger partial charge in [0.25, 0.3) is 0 Å². The number of hydrogen-bond donors (Lipinski definition) is 2. The van der Waals surface area contributed by atoms with Gasteiger partial charge in [0, 0.05) is 24.9 Å². The molecule has 1 aromatic rings. The Morgan fingerprint density at radius 1 is 1.32 bits per heavy atom. The maximum absolute atomic E-state index is 12.4. The van der Waals surface area contributed by atoms with Crippen molar-refractivity contribution in [3.63, 3.8) is 0 Å². The third-order valence-electron chi connectivity index (χ3n) is 5.05. The lowest BCUT2D eigenvalue weighted by Gasteiger charge is -2.36. The van der Waals surface area contributed by atoms with Crippen molar-refractivity contribution in [3.8, 4) is 0 Å². The van der Waals surface area contributed by atoms with Crippen LogP contribution in [0.2, 0.25) is 0 Å². The highest BCUT2D eigenvalue weighted by molar-refractivity contribution is 5.78. The number of esters is 1. The highest BCUT2D eigenvalue weighted by Gasteiger charge is 2.45. The van der Waals surface area contributed by atoms with Gasteiger partial charge in [-0.3, -0.25) is 9.69 Å². The molecule has 2 N–H and O–H groups in total. The molecule has 3 rings (SSSR count). The number of fused-ring (bicyclic) bond motifs is 2. The first-order chi connectivity index (χ1) is 10.6. The molecule has 0 spiro atoms. The van der Waals surface area contributed by atoms with E-state index in [1.807, 2.05) is 37.4 Å². The fourth-order valence-corrected chi connectivity index (χ4v) is 3.74. The van der Waals surface area contributed by atoms with E-state index in [0.29, 0.717) is 6.42 Å². The third kappa shape index (κ3) is 2.89.